The van der Waals surface area contributed by atoms with Crippen LogP contribution < -0.4 is 4.74 Å². The van der Waals surface area contributed by atoms with Crippen LogP contribution >= 0.6 is 0 Å². The van der Waals surface area contributed by atoms with Gasteiger partial charge in [0, 0.05) is 11.5 Å². The Bertz CT molecular complexity index is 1310. The van der Waals surface area contributed by atoms with Gasteiger partial charge in [0.25, 0.3) is 11.8 Å². The topological polar surface area (TPSA) is 97.1 Å². The van der Waals surface area contributed by atoms with Gasteiger partial charge in [-0.25, -0.2) is 4.39 Å². The summed E-state index contributed by atoms with van der Waals surface area (Å²) in [4.78, 5) is 19.2. The van der Waals surface area contributed by atoms with Crippen molar-refractivity contribution in [3.05, 3.63) is 71.9 Å². The Balaban J connectivity index is 1.13. The standard InChI is InChI=1S/C24H20FN5O3/c25-16-9-7-14(8-10-16)21-19(11-26-28-21)24(31)30-12-17(13-30)32-20-4-2-1-3-18(20)23-27-22(29-33-23)15-5-6-15/h1-4,7-11,15,17H,5-6,12-13H2,(H,26,28). The molecule has 0 radical (unpaired) electrons. The monoisotopic (exact) mass is 445 g/mol. The van der Waals surface area contributed by atoms with Crippen molar-refractivity contribution in [1.29, 1.82) is 0 Å². The molecule has 1 saturated heterocycles. The molecule has 0 bridgehead atoms. The third kappa shape index (κ3) is 3.75. The molecular weight excluding hydrogens is 425 g/mol. The third-order valence-electron chi connectivity index (χ3n) is 5.93. The first-order valence-electron chi connectivity index (χ1n) is 10.8. The molecule has 3 heterocycles. The molecule has 6 rings (SSSR count). The Labute approximate surface area is 188 Å². The first kappa shape index (κ1) is 19.7. The van der Waals surface area contributed by atoms with E-state index in [0.29, 0.717) is 47.5 Å². The van der Waals surface area contributed by atoms with Crippen LogP contribution in [0.5, 0.6) is 5.75 Å². The lowest BCUT2D eigenvalue weighted by Gasteiger charge is -2.39. The molecule has 9 heteroatoms. The highest BCUT2D eigenvalue weighted by molar-refractivity contribution is 6.00. The summed E-state index contributed by atoms with van der Waals surface area (Å²) in [6, 6.07) is 13.5. The van der Waals surface area contributed by atoms with E-state index in [2.05, 4.69) is 20.3 Å². The number of carbonyl (C=O) groups is 1. The number of nitrogens with zero attached hydrogens (tertiary/aromatic N) is 4. The van der Waals surface area contributed by atoms with Crippen LogP contribution in [0.3, 0.4) is 0 Å². The van der Waals surface area contributed by atoms with E-state index in [1.54, 1.807) is 17.0 Å². The lowest BCUT2D eigenvalue weighted by atomic mass is 10.0. The second-order valence-corrected chi connectivity index (χ2v) is 8.34. The molecule has 8 nitrogen and oxygen atoms in total. The van der Waals surface area contributed by atoms with Gasteiger partial charge >= 0.3 is 0 Å². The Morgan fingerprint density at radius 1 is 1.12 bits per heavy atom. The smallest absolute Gasteiger partial charge is 0.261 e. The van der Waals surface area contributed by atoms with Gasteiger partial charge in [0.1, 0.15) is 17.7 Å². The van der Waals surface area contributed by atoms with Gasteiger partial charge in [-0.2, -0.15) is 10.1 Å². The van der Waals surface area contributed by atoms with E-state index in [1.165, 1.54) is 18.3 Å². The average Bonchev–Trinajstić information content (AvgIpc) is 3.33. The second-order valence-electron chi connectivity index (χ2n) is 8.34. The van der Waals surface area contributed by atoms with Crippen molar-refractivity contribution in [2.45, 2.75) is 24.9 Å². The van der Waals surface area contributed by atoms with Crippen LogP contribution in [0, 0.1) is 5.82 Å². The minimum absolute atomic E-state index is 0.151. The number of hydrogen-bond acceptors (Lipinski definition) is 6. The molecule has 1 saturated carbocycles. The number of halogens is 1. The predicted octanol–water partition coefficient (Wildman–Crippen LogP) is 4.05. The number of H-pyrrole nitrogens is 1. The van der Waals surface area contributed by atoms with Crippen molar-refractivity contribution < 1.29 is 18.4 Å². The zero-order valence-corrected chi connectivity index (χ0v) is 17.6. The molecule has 2 aliphatic rings. The largest absolute Gasteiger partial charge is 0.486 e. The Kier molecular flexibility index (Phi) is 4.67. The quantitative estimate of drug-likeness (QED) is 0.481. The van der Waals surface area contributed by atoms with Gasteiger partial charge < -0.3 is 14.2 Å². The molecule has 166 valence electrons. The lowest BCUT2D eigenvalue weighted by molar-refractivity contribution is 0.0180. The Morgan fingerprint density at radius 3 is 2.70 bits per heavy atom. The highest BCUT2D eigenvalue weighted by Gasteiger charge is 2.35. The van der Waals surface area contributed by atoms with Crippen molar-refractivity contribution in [2.75, 3.05) is 13.1 Å². The minimum atomic E-state index is -0.335. The summed E-state index contributed by atoms with van der Waals surface area (Å²) in [5.41, 5.74) is 2.45. The number of aromatic nitrogens is 4. The van der Waals surface area contributed by atoms with E-state index in [4.69, 9.17) is 9.26 Å². The predicted molar refractivity (Wildman–Crippen MR) is 116 cm³/mol. The summed E-state index contributed by atoms with van der Waals surface area (Å²) in [5.74, 6) is 1.76. The van der Waals surface area contributed by atoms with Crippen LogP contribution in [-0.2, 0) is 0 Å². The average molecular weight is 445 g/mol. The van der Waals surface area contributed by atoms with Crippen LogP contribution in [0.4, 0.5) is 4.39 Å². The van der Waals surface area contributed by atoms with Crippen LogP contribution in [-0.4, -0.2) is 50.3 Å². The molecule has 1 aliphatic carbocycles. The van der Waals surface area contributed by atoms with Gasteiger partial charge in [0.15, 0.2) is 5.82 Å². The fraction of sp³-hybridized carbons (Fsp3) is 0.250. The minimum Gasteiger partial charge on any atom is -0.486 e. The lowest BCUT2D eigenvalue weighted by Crippen LogP contribution is -2.56. The number of hydrogen-bond donors (Lipinski definition) is 1. The van der Waals surface area contributed by atoms with Crippen LogP contribution in [0.1, 0.15) is 34.9 Å². The van der Waals surface area contributed by atoms with E-state index in [1.807, 2.05) is 24.3 Å². The molecule has 0 unspecified atom stereocenters. The summed E-state index contributed by atoms with van der Waals surface area (Å²) in [6.45, 7) is 0.886. The maximum Gasteiger partial charge on any atom is 0.261 e. The molecule has 4 aromatic rings. The zero-order valence-electron chi connectivity index (χ0n) is 17.6. The van der Waals surface area contributed by atoms with Crippen LogP contribution in [0.15, 0.2) is 59.3 Å². The number of amides is 1. The SMILES string of the molecule is O=C(c1cn[nH]c1-c1ccc(F)cc1)N1CC(Oc2ccccc2-c2nc(C3CC3)no2)C1. The highest BCUT2D eigenvalue weighted by atomic mass is 19.1. The van der Waals surface area contributed by atoms with E-state index >= 15 is 0 Å². The normalized spacial score (nSPS) is 16.0. The number of carbonyl (C=O) groups excluding carboxylic acids is 1. The number of likely N-dealkylation sites (tertiary alicyclic amines) is 1. The van der Waals surface area contributed by atoms with Gasteiger partial charge in [0.05, 0.1) is 36.1 Å². The van der Waals surface area contributed by atoms with Crippen molar-refractivity contribution in [3.8, 4) is 28.5 Å². The highest BCUT2D eigenvalue weighted by Crippen LogP contribution is 2.40. The molecule has 1 aliphatic heterocycles. The number of rotatable bonds is 6. The first-order chi connectivity index (χ1) is 16.2. The number of ether oxygens (including phenoxy) is 1. The number of nitrogens with one attached hydrogen (secondary N) is 1. The number of benzene rings is 2. The third-order valence-corrected chi connectivity index (χ3v) is 5.93. The van der Waals surface area contributed by atoms with Gasteiger partial charge in [-0.1, -0.05) is 17.3 Å². The molecule has 1 N–H and O–H groups in total. The zero-order chi connectivity index (χ0) is 22.4. The molecule has 2 fully saturated rings. The van der Waals surface area contributed by atoms with Crippen molar-refractivity contribution in [2.24, 2.45) is 0 Å². The summed E-state index contributed by atoms with van der Waals surface area (Å²) < 4.78 is 24.9. The van der Waals surface area contributed by atoms with Gasteiger partial charge in [-0.05, 0) is 49.2 Å². The van der Waals surface area contributed by atoms with Gasteiger partial charge in [0.2, 0.25) is 0 Å². The second kappa shape index (κ2) is 7.84. The molecule has 1 amide bonds. The summed E-state index contributed by atoms with van der Waals surface area (Å²) in [6.07, 6.45) is 3.55. The number of para-hydroxylation sites is 1. The number of aromatic amines is 1. The molecule has 2 aromatic carbocycles. The Hall–Kier alpha value is -4.01. The van der Waals surface area contributed by atoms with Crippen molar-refractivity contribution >= 4 is 5.91 Å². The Morgan fingerprint density at radius 2 is 1.91 bits per heavy atom. The molecular formula is C24H20FN5O3. The molecule has 2 aromatic heterocycles. The molecule has 33 heavy (non-hydrogen) atoms. The fourth-order valence-corrected chi connectivity index (χ4v) is 3.91. The van der Waals surface area contributed by atoms with E-state index < -0.39 is 0 Å². The summed E-state index contributed by atoms with van der Waals surface area (Å²) >= 11 is 0. The molecule has 0 spiro atoms. The van der Waals surface area contributed by atoms with Crippen LogP contribution in [0.2, 0.25) is 0 Å². The van der Waals surface area contributed by atoms with E-state index in [9.17, 15) is 9.18 Å². The maximum absolute atomic E-state index is 13.2. The van der Waals surface area contributed by atoms with E-state index in [0.717, 1.165) is 24.2 Å². The summed E-state index contributed by atoms with van der Waals surface area (Å²) in [7, 11) is 0. The van der Waals surface area contributed by atoms with Gasteiger partial charge in [-0.3, -0.25) is 9.89 Å². The van der Waals surface area contributed by atoms with Crippen LogP contribution in [0.25, 0.3) is 22.7 Å². The fourth-order valence-electron chi connectivity index (χ4n) is 3.91. The molecule has 0 atom stereocenters. The van der Waals surface area contributed by atoms with Gasteiger partial charge in [-0.15, -0.1) is 0 Å². The first-order valence-corrected chi connectivity index (χ1v) is 10.8. The van der Waals surface area contributed by atoms with E-state index in [-0.39, 0.29) is 17.8 Å². The summed E-state index contributed by atoms with van der Waals surface area (Å²) in [5, 5.41) is 10.9. The maximum atomic E-state index is 13.2. The van der Waals surface area contributed by atoms with Crippen molar-refractivity contribution in [3.63, 3.8) is 0 Å². The van der Waals surface area contributed by atoms with Crippen molar-refractivity contribution in [1.82, 2.24) is 25.2 Å².